The Bertz CT molecular complexity index is 883. The summed E-state index contributed by atoms with van der Waals surface area (Å²) in [4.78, 5) is 4.32. The lowest BCUT2D eigenvalue weighted by Gasteiger charge is -2.07. The Hall–Kier alpha value is -1.85. The van der Waals surface area contributed by atoms with Gasteiger partial charge in [-0.25, -0.2) is 17.4 Å². The fraction of sp³-hybridized carbons (Fsp3) is 0.0714. The molecule has 2 aromatic carbocycles. The van der Waals surface area contributed by atoms with E-state index in [0.717, 1.165) is 9.54 Å². The molecular weight excluding hydrogens is 296 g/mol. The van der Waals surface area contributed by atoms with E-state index >= 15 is 0 Å². The van der Waals surface area contributed by atoms with E-state index in [-0.39, 0.29) is 4.90 Å². The lowest BCUT2D eigenvalue weighted by atomic mass is 10.2. The third-order valence-electron chi connectivity index (χ3n) is 3.05. The van der Waals surface area contributed by atoms with Crippen LogP contribution >= 0.6 is 11.6 Å². The van der Waals surface area contributed by atoms with Gasteiger partial charge in [0.2, 0.25) is 0 Å². The Labute approximate surface area is 121 Å². The van der Waals surface area contributed by atoms with Gasteiger partial charge in [-0.3, -0.25) is 0 Å². The van der Waals surface area contributed by atoms with Gasteiger partial charge in [0, 0.05) is 5.02 Å². The first kappa shape index (κ1) is 13.1. The van der Waals surface area contributed by atoms with E-state index in [1.807, 2.05) is 6.92 Å². The third-order valence-corrected chi connectivity index (χ3v) is 4.97. The Morgan fingerprint density at radius 2 is 1.80 bits per heavy atom. The molecule has 0 saturated heterocycles. The number of hydrogen-bond acceptors (Lipinski definition) is 3. The van der Waals surface area contributed by atoms with Crippen molar-refractivity contribution >= 4 is 32.7 Å². The minimum Gasteiger partial charge on any atom is -0.236 e. The SMILES string of the molecule is Cc1ccc(S(=O)(=O)n2cnc3ccc(Cl)cc32)cc1. The zero-order chi connectivity index (χ0) is 14.3. The van der Waals surface area contributed by atoms with Gasteiger partial charge in [-0.2, -0.15) is 0 Å². The van der Waals surface area contributed by atoms with Crippen LogP contribution in [0.25, 0.3) is 11.0 Å². The summed E-state index contributed by atoms with van der Waals surface area (Å²) in [5.74, 6) is 0. The predicted octanol–water partition coefficient (Wildman–Crippen LogP) is 3.24. The fourth-order valence-corrected chi connectivity index (χ4v) is 3.42. The summed E-state index contributed by atoms with van der Waals surface area (Å²) in [5, 5.41) is 0.471. The number of benzene rings is 2. The van der Waals surface area contributed by atoms with Gasteiger partial charge in [0.1, 0.15) is 6.33 Å². The van der Waals surface area contributed by atoms with Gasteiger partial charge in [0.25, 0.3) is 10.0 Å². The van der Waals surface area contributed by atoms with Crippen molar-refractivity contribution in [2.45, 2.75) is 11.8 Å². The zero-order valence-corrected chi connectivity index (χ0v) is 12.2. The molecule has 0 bridgehead atoms. The average molecular weight is 307 g/mol. The summed E-state index contributed by atoms with van der Waals surface area (Å²) in [7, 11) is -3.66. The highest BCUT2D eigenvalue weighted by Crippen LogP contribution is 2.23. The molecule has 0 aliphatic carbocycles. The minimum atomic E-state index is -3.66. The summed E-state index contributed by atoms with van der Waals surface area (Å²) in [6.45, 7) is 1.91. The van der Waals surface area contributed by atoms with Crippen molar-refractivity contribution in [3.05, 3.63) is 59.4 Å². The molecule has 1 heterocycles. The molecule has 0 unspecified atom stereocenters. The first-order valence-corrected chi connectivity index (χ1v) is 7.75. The molecule has 102 valence electrons. The summed E-state index contributed by atoms with van der Waals surface area (Å²) in [5.41, 5.74) is 2.06. The molecule has 0 fully saturated rings. The van der Waals surface area contributed by atoms with Crippen LogP contribution in [0.3, 0.4) is 0 Å². The molecule has 3 aromatic rings. The molecule has 0 spiro atoms. The summed E-state index contributed by atoms with van der Waals surface area (Å²) < 4.78 is 26.4. The largest absolute Gasteiger partial charge is 0.269 e. The highest BCUT2D eigenvalue weighted by atomic mass is 35.5. The van der Waals surface area contributed by atoms with Gasteiger partial charge in [0.15, 0.2) is 0 Å². The molecule has 0 atom stereocenters. The van der Waals surface area contributed by atoms with Crippen LogP contribution in [0.15, 0.2) is 53.7 Å². The third kappa shape index (κ3) is 2.09. The first-order chi connectivity index (χ1) is 9.48. The van der Waals surface area contributed by atoms with E-state index < -0.39 is 10.0 Å². The maximum absolute atomic E-state index is 12.6. The molecule has 0 amide bonds. The molecule has 6 heteroatoms. The van der Waals surface area contributed by atoms with Crippen LogP contribution < -0.4 is 0 Å². The Balaban J connectivity index is 2.23. The number of rotatable bonds is 2. The van der Waals surface area contributed by atoms with Crippen LogP contribution in [-0.2, 0) is 10.0 Å². The second-order valence-electron chi connectivity index (χ2n) is 4.49. The van der Waals surface area contributed by atoms with Crippen molar-refractivity contribution in [3.8, 4) is 0 Å². The van der Waals surface area contributed by atoms with Gasteiger partial charge in [-0.15, -0.1) is 0 Å². The molecule has 0 N–H and O–H groups in total. The van der Waals surface area contributed by atoms with Gasteiger partial charge < -0.3 is 0 Å². The average Bonchev–Trinajstić information content (AvgIpc) is 2.82. The maximum atomic E-state index is 12.6. The first-order valence-electron chi connectivity index (χ1n) is 5.93. The number of aromatic nitrogens is 2. The zero-order valence-electron chi connectivity index (χ0n) is 10.6. The van der Waals surface area contributed by atoms with E-state index in [4.69, 9.17) is 11.6 Å². The minimum absolute atomic E-state index is 0.224. The molecule has 0 aliphatic heterocycles. The summed E-state index contributed by atoms with van der Waals surface area (Å²) >= 11 is 5.93. The van der Waals surface area contributed by atoms with Gasteiger partial charge >= 0.3 is 0 Å². The molecule has 20 heavy (non-hydrogen) atoms. The monoisotopic (exact) mass is 306 g/mol. The van der Waals surface area contributed by atoms with Gasteiger partial charge in [0.05, 0.1) is 15.9 Å². The second-order valence-corrected chi connectivity index (χ2v) is 6.74. The summed E-state index contributed by atoms with van der Waals surface area (Å²) in [6.07, 6.45) is 1.30. The molecule has 0 radical (unpaired) electrons. The number of imidazole rings is 1. The predicted molar refractivity (Wildman–Crippen MR) is 78.5 cm³/mol. The highest BCUT2D eigenvalue weighted by Gasteiger charge is 2.19. The lowest BCUT2D eigenvalue weighted by molar-refractivity contribution is 0.588. The Morgan fingerprint density at radius 3 is 2.50 bits per heavy atom. The molecular formula is C14H11ClN2O2S. The molecule has 0 saturated carbocycles. The van der Waals surface area contributed by atoms with Gasteiger partial charge in [-0.05, 0) is 37.3 Å². The fourth-order valence-electron chi connectivity index (χ4n) is 1.97. The van der Waals surface area contributed by atoms with Crippen molar-refractivity contribution in [3.63, 3.8) is 0 Å². The highest BCUT2D eigenvalue weighted by molar-refractivity contribution is 7.90. The van der Waals surface area contributed by atoms with Crippen LogP contribution in [0.4, 0.5) is 0 Å². The smallest absolute Gasteiger partial charge is 0.236 e. The molecule has 4 nitrogen and oxygen atoms in total. The number of hydrogen-bond donors (Lipinski definition) is 0. The Kier molecular flexibility index (Phi) is 3.03. The standard InChI is InChI=1S/C14H11ClN2O2S/c1-10-2-5-12(6-3-10)20(18,19)17-9-16-13-7-4-11(15)8-14(13)17/h2-9H,1H3. The van der Waals surface area contributed by atoms with E-state index in [9.17, 15) is 8.42 Å². The quantitative estimate of drug-likeness (QED) is 0.730. The Morgan fingerprint density at radius 1 is 1.10 bits per heavy atom. The van der Waals surface area contributed by atoms with Crippen LogP contribution in [-0.4, -0.2) is 17.4 Å². The van der Waals surface area contributed by atoms with Crippen molar-refractivity contribution in [2.75, 3.05) is 0 Å². The molecule has 3 rings (SSSR count). The van der Waals surface area contributed by atoms with Crippen LogP contribution in [0.1, 0.15) is 5.56 Å². The van der Waals surface area contributed by atoms with Crippen molar-refractivity contribution in [2.24, 2.45) is 0 Å². The number of aryl methyl sites for hydroxylation is 1. The van der Waals surface area contributed by atoms with Gasteiger partial charge in [-0.1, -0.05) is 29.3 Å². The lowest BCUT2D eigenvalue weighted by Crippen LogP contribution is -2.11. The molecule has 1 aromatic heterocycles. The number of nitrogens with zero attached hydrogens (tertiary/aromatic N) is 2. The number of fused-ring (bicyclic) bond motifs is 1. The van der Waals surface area contributed by atoms with E-state index in [1.165, 1.54) is 6.33 Å². The van der Waals surface area contributed by atoms with E-state index in [1.54, 1.807) is 42.5 Å². The van der Waals surface area contributed by atoms with E-state index in [0.29, 0.717) is 16.1 Å². The topological polar surface area (TPSA) is 52.0 Å². The maximum Gasteiger partial charge on any atom is 0.269 e. The summed E-state index contributed by atoms with van der Waals surface area (Å²) in [6, 6.07) is 11.7. The molecule has 0 aliphatic rings. The van der Waals surface area contributed by atoms with Crippen molar-refractivity contribution in [1.82, 2.24) is 8.96 Å². The van der Waals surface area contributed by atoms with Crippen LogP contribution in [0.2, 0.25) is 5.02 Å². The number of halogens is 1. The van der Waals surface area contributed by atoms with Crippen molar-refractivity contribution < 1.29 is 8.42 Å². The second kappa shape index (κ2) is 4.61. The van der Waals surface area contributed by atoms with E-state index in [2.05, 4.69) is 4.98 Å². The van der Waals surface area contributed by atoms with Crippen molar-refractivity contribution in [1.29, 1.82) is 0 Å². The normalized spacial score (nSPS) is 11.9. The van der Waals surface area contributed by atoms with Crippen LogP contribution in [0, 0.1) is 6.92 Å². The van der Waals surface area contributed by atoms with Crippen LogP contribution in [0.5, 0.6) is 0 Å².